The molecule has 0 bridgehead atoms. The highest BCUT2D eigenvalue weighted by molar-refractivity contribution is 5.98. The second-order valence-electron chi connectivity index (χ2n) is 20.5. The summed E-state index contributed by atoms with van der Waals surface area (Å²) in [5.74, 6) is -10.6. The molecule has 0 fully saturated rings. The fraction of sp³-hybridized carbons (Fsp3) is 0.640. The van der Waals surface area contributed by atoms with E-state index < -0.39 is 139 Å². The Balaban J connectivity index is 2.24. The molecule has 0 aliphatic carbocycles. The molecule has 1 heterocycles. The minimum Gasteiger partial charge on any atom is -0.481 e. The standard InChI is InChI=1S/C50H80N10O14/c1-24(2)17-35(45(68)56-37(19-26(5)6)47(70)60-41(29(10)62)49(72)58-38(50(73)74)20-27(7)8)55-46(69)36(18-25(3)4)57-48(71)39(23-61)59-44(67)34(15-16-40(63)64)54-42(65)28(9)53-43(66)32(51)21-30-22-52-33-14-12-11-13-31(30)33/h11-14,22,24-29,32,34-39,41,52,61-62H,15-21,23,51H2,1-10H3,(H,53,66)(H,54,65)(H,55,69)(H,56,68)(H,57,71)(H,58,72)(H,59,67)(H,60,70)(H,63,64)(H,73,74)/t28-,29+,32-,34-,35-,36-,37-,38-,39-,41-/m0/s1. The number of aromatic amines is 1. The van der Waals surface area contributed by atoms with Crippen LogP contribution in [0, 0.1) is 23.7 Å². The summed E-state index contributed by atoms with van der Waals surface area (Å²) >= 11 is 0. The fourth-order valence-corrected chi connectivity index (χ4v) is 7.86. The van der Waals surface area contributed by atoms with E-state index >= 15 is 0 Å². The van der Waals surface area contributed by atoms with Gasteiger partial charge in [0.2, 0.25) is 47.3 Å². The number of amides is 8. The van der Waals surface area contributed by atoms with Gasteiger partial charge in [-0.2, -0.15) is 0 Å². The molecule has 414 valence electrons. The van der Waals surface area contributed by atoms with E-state index in [0.29, 0.717) is 0 Å². The number of fused-ring (bicyclic) bond motifs is 1. The van der Waals surface area contributed by atoms with E-state index in [4.69, 9.17) is 5.73 Å². The number of benzene rings is 1. The third kappa shape index (κ3) is 21.4. The van der Waals surface area contributed by atoms with Crippen LogP contribution in [0.5, 0.6) is 0 Å². The zero-order chi connectivity index (χ0) is 56.1. The highest BCUT2D eigenvalue weighted by Gasteiger charge is 2.36. The van der Waals surface area contributed by atoms with Crippen molar-refractivity contribution in [2.75, 3.05) is 6.61 Å². The molecule has 24 heteroatoms. The number of H-pyrrole nitrogens is 1. The van der Waals surface area contributed by atoms with E-state index in [2.05, 4.69) is 47.5 Å². The number of rotatable bonds is 32. The number of carbonyl (C=O) groups excluding carboxylic acids is 8. The monoisotopic (exact) mass is 1040 g/mol. The maximum atomic E-state index is 14.0. The summed E-state index contributed by atoms with van der Waals surface area (Å²) in [5, 5.41) is 60.5. The predicted octanol–water partition coefficient (Wildman–Crippen LogP) is -0.557. The van der Waals surface area contributed by atoms with Crippen LogP contribution < -0.4 is 48.3 Å². The first-order chi connectivity index (χ1) is 34.5. The molecule has 24 nitrogen and oxygen atoms in total. The molecule has 10 atom stereocenters. The highest BCUT2D eigenvalue weighted by Crippen LogP contribution is 2.19. The summed E-state index contributed by atoms with van der Waals surface area (Å²) < 4.78 is 0. The average Bonchev–Trinajstić information content (AvgIpc) is 3.71. The number of aliphatic hydroxyl groups excluding tert-OH is 2. The lowest BCUT2D eigenvalue weighted by atomic mass is 9.98. The van der Waals surface area contributed by atoms with E-state index in [0.717, 1.165) is 16.5 Å². The van der Waals surface area contributed by atoms with Crippen LogP contribution in [-0.2, 0) is 54.4 Å². The first kappa shape index (κ1) is 63.5. The van der Waals surface area contributed by atoms with Crippen molar-refractivity contribution in [2.45, 2.75) is 175 Å². The number of carboxylic acids is 2. The number of aliphatic carboxylic acids is 2. The van der Waals surface area contributed by atoms with Crippen molar-refractivity contribution in [2.24, 2.45) is 29.4 Å². The summed E-state index contributed by atoms with van der Waals surface area (Å²) in [6.45, 7) is 15.6. The number of carbonyl (C=O) groups is 10. The molecule has 0 saturated heterocycles. The molecular formula is C50H80N10O14. The SMILES string of the molecule is CC(C)C[C@H](NC(=O)[C@@H](NC(=O)[C@H](CC(C)C)NC(=O)[C@H](CC(C)C)NC(=O)[C@H](CC(C)C)NC(=O)[C@H](CO)NC(=O)[C@H](CCC(=O)O)NC(=O)[C@H](C)NC(=O)[C@@H](N)Cc1c[nH]c2ccccc12)[C@@H](C)O)C(=O)O. The molecule has 0 unspecified atom stereocenters. The van der Waals surface area contributed by atoms with Gasteiger partial charge >= 0.3 is 11.9 Å². The fourth-order valence-electron chi connectivity index (χ4n) is 7.86. The lowest BCUT2D eigenvalue weighted by Gasteiger charge is -2.29. The van der Waals surface area contributed by atoms with E-state index in [-0.39, 0.29) is 55.8 Å². The Bertz CT molecular complexity index is 2250. The maximum Gasteiger partial charge on any atom is 0.326 e. The topological polar surface area (TPSA) is 390 Å². The van der Waals surface area contributed by atoms with Crippen LogP contribution in [0.15, 0.2) is 30.5 Å². The van der Waals surface area contributed by atoms with Crippen LogP contribution in [-0.4, -0.2) is 152 Å². The van der Waals surface area contributed by atoms with Gasteiger partial charge in [0.1, 0.15) is 48.3 Å². The van der Waals surface area contributed by atoms with Crippen molar-refractivity contribution in [1.82, 2.24) is 47.5 Å². The third-order valence-corrected chi connectivity index (χ3v) is 11.7. The van der Waals surface area contributed by atoms with E-state index in [1.54, 1.807) is 61.6 Å². The molecule has 0 radical (unpaired) electrons. The quantitative estimate of drug-likeness (QED) is 0.0437. The normalized spacial score (nSPS) is 15.6. The van der Waals surface area contributed by atoms with Crippen molar-refractivity contribution in [3.8, 4) is 0 Å². The van der Waals surface area contributed by atoms with Gasteiger partial charge in [-0.3, -0.25) is 43.2 Å². The van der Waals surface area contributed by atoms with Crippen molar-refractivity contribution in [1.29, 1.82) is 0 Å². The number of para-hydroxylation sites is 1. The summed E-state index contributed by atoms with van der Waals surface area (Å²) in [6.07, 6.45) is -0.560. The van der Waals surface area contributed by atoms with Gasteiger partial charge in [-0.1, -0.05) is 73.6 Å². The summed E-state index contributed by atoms with van der Waals surface area (Å²) in [7, 11) is 0. The Labute approximate surface area is 431 Å². The van der Waals surface area contributed by atoms with Crippen molar-refractivity contribution in [3.05, 3.63) is 36.0 Å². The van der Waals surface area contributed by atoms with Crippen LogP contribution in [0.1, 0.15) is 113 Å². The molecule has 1 aromatic heterocycles. The minimum atomic E-state index is -1.74. The van der Waals surface area contributed by atoms with Crippen LogP contribution >= 0.6 is 0 Å². The lowest BCUT2D eigenvalue weighted by molar-refractivity contribution is -0.143. The number of aliphatic hydroxyl groups is 2. The molecule has 8 amide bonds. The molecule has 1 aromatic carbocycles. The number of aromatic nitrogens is 1. The zero-order valence-electron chi connectivity index (χ0n) is 44.1. The Morgan fingerprint density at radius 2 is 0.946 bits per heavy atom. The molecule has 0 saturated carbocycles. The molecule has 2 rings (SSSR count). The molecule has 15 N–H and O–H groups in total. The van der Waals surface area contributed by atoms with Crippen LogP contribution in [0.4, 0.5) is 0 Å². The van der Waals surface area contributed by atoms with Gasteiger partial charge in [-0.25, -0.2) is 4.79 Å². The first-order valence-electron chi connectivity index (χ1n) is 25.0. The first-order valence-corrected chi connectivity index (χ1v) is 25.0. The molecule has 0 aliphatic heterocycles. The van der Waals surface area contributed by atoms with Crippen LogP contribution in [0.2, 0.25) is 0 Å². The molecule has 74 heavy (non-hydrogen) atoms. The van der Waals surface area contributed by atoms with Gasteiger partial charge in [-0.15, -0.1) is 0 Å². The Hall–Kier alpha value is -6.66. The summed E-state index contributed by atoms with van der Waals surface area (Å²) in [5.41, 5.74) is 7.78. The van der Waals surface area contributed by atoms with E-state index in [1.807, 2.05) is 24.3 Å². The highest BCUT2D eigenvalue weighted by atomic mass is 16.4. The Morgan fingerprint density at radius 3 is 1.41 bits per heavy atom. The van der Waals surface area contributed by atoms with E-state index in [1.165, 1.54) is 13.8 Å². The van der Waals surface area contributed by atoms with Crippen molar-refractivity contribution < 1.29 is 68.4 Å². The number of nitrogens with two attached hydrogens (primary N) is 1. The summed E-state index contributed by atoms with van der Waals surface area (Å²) in [6, 6.07) is -5.14. The molecule has 0 aliphatic rings. The smallest absolute Gasteiger partial charge is 0.326 e. The molecule has 0 spiro atoms. The minimum absolute atomic E-state index is 0.00684. The third-order valence-electron chi connectivity index (χ3n) is 11.7. The number of hydrogen-bond donors (Lipinski definition) is 14. The van der Waals surface area contributed by atoms with Gasteiger partial charge in [0.15, 0.2) is 0 Å². The molecular weight excluding hydrogens is 965 g/mol. The van der Waals surface area contributed by atoms with E-state index in [9.17, 15) is 68.4 Å². The summed E-state index contributed by atoms with van der Waals surface area (Å²) in [4.78, 5) is 135. The second kappa shape index (κ2) is 30.5. The zero-order valence-corrected chi connectivity index (χ0v) is 44.1. The number of hydrogen-bond acceptors (Lipinski definition) is 13. The Morgan fingerprint density at radius 1 is 0.527 bits per heavy atom. The van der Waals surface area contributed by atoms with Crippen LogP contribution in [0.25, 0.3) is 10.9 Å². The van der Waals surface area contributed by atoms with Gasteiger partial charge in [0.05, 0.1) is 18.8 Å². The maximum absolute atomic E-state index is 14.0. The predicted molar refractivity (Wildman–Crippen MR) is 272 cm³/mol. The van der Waals surface area contributed by atoms with Gasteiger partial charge in [0, 0.05) is 23.5 Å². The van der Waals surface area contributed by atoms with Gasteiger partial charge < -0.3 is 73.7 Å². The van der Waals surface area contributed by atoms with Gasteiger partial charge in [0.25, 0.3) is 0 Å². The van der Waals surface area contributed by atoms with Crippen molar-refractivity contribution in [3.63, 3.8) is 0 Å². The second-order valence-corrected chi connectivity index (χ2v) is 20.5. The number of nitrogens with one attached hydrogen (secondary N) is 9. The molecule has 2 aromatic rings. The largest absolute Gasteiger partial charge is 0.481 e. The van der Waals surface area contributed by atoms with Gasteiger partial charge in [-0.05, 0) is 87.7 Å². The average molecular weight is 1050 g/mol. The Kier molecular flexibility index (Phi) is 26.2. The number of carboxylic acid groups (broad SMARTS) is 2. The van der Waals surface area contributed by atoms with Crippen LogP contribution in [0.3, 0.4) is 0 Å². The lowest BCUT2D eigenvalue weighted by Crippen LogP contribution is -2.61. The van der Waals surface area contributed by atoms with Crippen molar-refractivity contribution >= 4 is 70.1 Å².